The van der Waals surface area contributed by atoms with Gasteiger partial charge in [0.15, 0.2) is 0 Å². The summed E-state index contributed by atoms with van der Waals surface area (Å²) < 4.78 is 5.26. The number of hydrogen-bond donors (Lipinski definition) is 1. The summed E-state index contributed by atoms with van der Waals surface area (Å²) in [6.07, 6.45) is 2.08. The molecule has 6 heteroatoms. The molecule has 0 bridgehead atoms. The standard InChI is InChI=1S/C20H22O5S/c1-14(20(24)25-13-7-3-6-10-18(21)22)16-11-12-17(26-16)19(23)15-8-4-2-5-9-15/h2,4-5,8-9,11-12,14H,3,6-7,10,13H2,1H3,(H,21,22)/t14-/m1/s1. The van der Waals surface area contributed by atoms with Crippen LogP contribution in [0.5, 0.6) is 0 Å². The van der Waals surface area contributed by atoms with Crippen LogP contribution in [-0.4, -0.2) is 29.4 Å². The molecule has 0 aliphatic carbocycles. The Morgan fingerprint density at radius 2 is 1.77 bits per heavy atom. The smallest absolute Gasteiger partial charge is 0.313 e. The van der Waals surface area contributed by atoms with Crippen LogP contribution in [0.1, 0.15) is 58.6 Å². The van der Waals surface area contributed by atoms with E-state index in [9.17, 15) is 14.4 Å². The van der Waals surface area contributed by atoms with E-state index < -0.39 is 11.9 Å². The number of rotatable bonds is 10. The number of carboxylic acid groups (broad SMARTS) is 1. The zero-order valence-electron chi connectivity index (χ0n) is 14.6. The average Bonchev–Trinajstić information content (AvgIpc) is 3.13. The van der Waals surface area contributed by atoms with Gasteiger partial charge in [-0.3, -0.25) is 14.4 Å². The van der Waals surface area contributed by atoms with Gasteiger partial charge in [0.2, 0.25) is 5.78 Å². The second-order valence-electron chi connectivity index (χ2n) is 5.99. The van der Waals surface area contributed by atoms with Crippen molar-refractivity contribution in [3.63, 3.8) is 0 Å². The van der Waals surface area contributed by atoms with E-state index in [-0.39, 0.29) is 24.8 Å². The summed E-state index contributed by atoms with van der Waals surface area (Å²) in [5.74, 6) is -1.63. The van der Waals surface area contributed by atoms with Gasteiger partial charge in [0, 0.05) is 16.9 Å². The minimum atomic E-state index is -0.811. The summed E-state index contributed by atoms with van der Waals surface area (Å²) in [7, 11) is 0. The fraction of sp³-hybridized carbons (Fsp3) is 0.350. The number of unbranched alkanes of at least 4 members (excludes halogenated alkanes) is 2. The van der Waals surface area contributed by atoms with Crippen LogP contribution in [0.2, 0.25) is 0 Å². The van der Waals surface area contributed by atoms with E-state index >= 15 is 0 Å². The maximum absolute atomic E-state index is 12.4. The number of carbonyl (C=O) groups excluding carboxylic acids is 2. The monoisotopic (exact) mass is 374 g/mol. The second-order valence-corrected chi connectivity index (χ2v) is 7.11. The van der Waals surface area contributed by atoms with Crippen LogP contribution < -0.4 is 0 Å². The Morgan fingerprint density at radius 3 is 2.46 bits per heavy atom. The highest BCUT2D eigenvalue weighted by molar-refractivity contribution is 7.14. The average molecular weight is 374 g/mol. The van der Waals surface area contributed by atoms with Gasteiger partial charge in [0.25, 0.3) is 0 Å². The molecular formula is C20H22O5S. The second kappa shape index (κ2) is 9.87. The van der Waals surface area contributed by atoms with E-state index in [0.29, 0.717) is 29.7 Å². The van der Waals surface area contributed by atoms with Gasteiger partial charge < -0.3 is 9.84 Å². The van der Waals surface area contributed by atoms with Gasteiger partial charge in [0.1, 0.15) is 0 Å². The van der Waals surface area contributed by atoms with Gasteiger partial charge in [-0.15, -0.1) is 11.3 Å². The molecule has 1 aromatic heterocycles. The Labute approximate surface area is 156 Å². The predicted molar refractivity (Wildman–Crippen MR) is 99.7 cm³/mol. The van der Waals surface area contributed by atoms with Crippen molar-refractivity contribution in [2.24, 2.45) is 0 Å². The molecule has 0 saturated heterocycles. The summed E-state index contributed by atoms with van der Waals surface area (Å²) in [6.45, 7) is 2.04. The lowest BCUT2D eigenvalue weighted by Gasteiger charge is -2.09. The molecule has 0 amide bonds. The Hall–Kier alpha value is -2.47. The number of esters is 1. The predicted octanol–water partition coefficient (Wildman–Crippen LogP) is 4.27. The SMILES string of the molecule is C[C@@H](C(=O)OCCCCCC(=O)O)c1ccc(C(=O)c2ccccc2)s1. The molecular weight excluding hydrogens is 352 g/mol. The number of benzene rings is 1. The number of carbonyl (C=O) groups is 3. The lowest BCUT2D eigenvalue weighted by atomic mass is 10.1. The summed E-state index contributed by atoms with van der Waals surface area (Å²) >= 11 is 1.31. The zero-order valence-corrected chi connectivity index (χ0v) is 15.5. The molecule has 0 aliphatic rings. The first-order valence-electron chi connectivity index (χ1n) is 8.57. The molecule has 1 heterocycles. The minimum Gasteiger partial charge on any atom is -0.481 e. The molecule has 5 nitrogen and oxygen atoms in total. The van der Waals surface area contributed by atoms with Crippen LogP contribution >= 0.6 is 11.3 Å². The van der Waals surface area contributed by atoms with Gasteiger partial charge in [-0.05, 0) is 38.3 Å². The molecule has 26 heavy (non-hydrogen) atoms. The Bertz CT molecular complexity index is 751. The highest BCUT2D eigenvalue weighted by Crippen LogP contribution is 2.27. The van der Waals surface area contributed by atoms with Gasteiger partial charge in [-0.25, -0.2) is 0 Å². The Morgan fingerprint density at radius 1 is 1.04 bits per heavy atom. The number of ketones is 1. The highest BCUT2D eigenvalue weighted by atomic mass is 32.1. The van der Waals surface area contributed by atoms with Crippen molar-refractivity contribution in [2.45, 2.75) is 38.5 Å². The number of ether oxygens (including phenoxy) is 1. The van der Waals surface area contributed by atoms with E-state index in [4.69, 9.17) is 9.84 Å². The van der Waals surface area contributed by atoms with Crippen LogP contribution in [0.3, 0.4) is 0 Å². The van der Waals surface area contributed by atoms with Crippen molar-refractivity contribution in [1.29, 1.82) is 0 Å². The van der Waals surface area contributed by atoms with Crippen LogP contribution in [-0.2, 0) is 14.3 Å². The molecule has 0 saturated carbocycles. The molecule has 0 aliphatic heterocycles. The number of aliphatic carboxylic acids is 1. The third-order valence-electron chi connectivity index (χ3n) is 3.95. The van der Waals surface area contributed by atoms with E-state index in [0.717, 1.165) is 4.88 Å². The number of hydrogen-bond acceptors (Lipinski definition) is 5. The molecule has 2 rings (SSSR count). The fourth-order valence-corrected chi connectivity index (χ4v) is 3.42. The topological polar surface area (TPSA) is 80.7 Å². The minimum absolute atomic E-state index is 0.0548. The normalized spacial score (nSPS) is 11.7. The van der Waals surface area contributed by atoms with Gasteiger partial charge >= 0.3 is 11.9 Å². The van der Waals surface area contributed by atoms with E-state index in [1.165, 1.54) is 11.3 Å². The summed E-state index contributed by atoms with van der Waals surface area (Å²) in [5, 5.41) is 8.56. The maximum Gasteiger partial charge on any atom is 0.313 e. The zero-order chi connectivity index (χ0) is 18.9. The summed E-state index contributed by atoms with van der Waals surface area (Å²) in [5.41, 5.74) is 0.623. The van der Waals surface area contributed by atoms with E-state index in [2.05, 4.69) is 0 Å². The van der Waals surface area contributed by atoms with Crippen molar-refractivity contribution in [3.05, 3.63) is 57.8 Å². The van der Waals surface area contributed by atoms with Gasteiger partial charge in [-0.1, -0.05) is 30.3 Å². The van der Waals surface area contributed by atoms with Crippen molar-refractivity contribution in [3.8, 4) is 0 Å². The molecule has 0 radical (unpaired) electrons. The fourth-order valence-electron chi connectivity index (χ4n) is 2.41. The maximum atomic E-state index is 12.4. The Kier molecular flexibility index (Phi) is 7.53. The van der Waals surface area contributed by atoms with Crippen LogP contribution in [0.4, 0.5) is 0 Å². The first kappa shape index (κ1) is 19.8. The summed E-state index contributed by atoms with van der Waals surface area (Å²) in [4.78, 5) is 36.4. The molecule has 1 aromatic carbocycles. The molecule has 2 aromatic rings. The first-order valence-corrected chi connectivity index (χ1v) is 9.38. The first-order chi connectivity index (χ1) is 12.5. The van der Waals surface area contributed by atoms with Gasteiger partial charge in [-0.2, -0.15) is 0 Å². The van der Waals surface area contributed by atoms with E-state index in [1.807, 2.05) is 18.2 Å². The molecule has 1 N–H and O–H groups in total. The third kappa shape index (κ3) is 5.81. The van der Waals surface area contributed by atoms with Crippen LogP contribution in [0, 0.1) is 0 Å². The Balaban J connectivity index is 1.83. The molecule has 1 atom stereocenters. The van der Waals surface area contributed by atoms with Crippen molar-refractivity contribution in [2.75, 3.05) is 6.61 Å². The van der Waals surface area contributed by atoms with Crippen molar-refractivity contribution >= 4 is 29.1 Å². The lowest BCUT2D eigenvalue weighted by Crippen LogP contribution is -2.13. The van der Waals surface area contributed by atoms with Gasteiger partial charge in [0.05, 0.1) is 17.4 Å². The lowest BCUT2D eigenvalue weighted by molar-refractivity contribution is -0.145. The van der Waals surface area contributed by atoms with Crippen molar-refractivity contribution in [1.82, 2.24) is 0 Å². The van der Waals surface area contributed by atoms with Crippen LogP contribution in [0.25, 0.3) is 0 Å². The number of thiophene rings is 1. The van der Waals surface area contributed by atoms with E-state index in [1.54, 1.807) is 31.2 Å². The molecule has 0 spiro atoms. The quantitative estimate of drug-likeness (QED) is 0.382. The molecule has 0 unspecified atom stereocenters. The summed E-state index contributed by atoms with van der Waals surface area (Å²) in [6, 6.07) is 12.6. The molecule has 138 valence electrons. The largest absolute Gasteiger partial charge is 0.481 e. The molecule has 0 fully saturated rings. The third-order valence-corrected chi connectivity index (χ3v) is 5.21. The van der Waals surface area contributed by atoms with Crippen molar-refractivity contribution < 1.29 is 24.2 Å². The number of carboxylic acids is 1. The highest BCUT2D eigenvalue weighted by Gasteiger charge is 2.20. The van der Waals surface area contributed by atoms with Crippen LogP contribution in [0.15, 0.2) is 42.5 Å².